The Morgan fingerprint density at radius 1 is 1.40 bits per heavy atom. The molecular weight excluding hydrogens is 188 g/mol. The first-order valence-corrected chi connectivity index (χ1v) is 5.72. The largest absolute Gasteiger partial charge is 0.339 e. The summed E-state index contributed by atoms with van der Waals surface area (Å²) in [6.07, 6.45) is 2.37. The summed E-state index contributed by atoms with van der Waals surface area (Å²) >= 11 is 0. The van der Waals surface area contributed by atoms with E-state index in [1.807, 2.05) is 25.7 Å². The molecule has 0 aliphatic rings. The minimum Gasteiger partial charge on any atom is -0.339 e. The van der Waals surface area contributed by atoms with Gasteiger partial charge in [-0.15, -0.1) is 0 Å². The van der Waals surface area contributed by atoms with Crippen molar-refractivity contribution in [2.75, 3.05) is 6.54 Å². The molecule has 3 heteroatoms. The molecule has 3 nitrogen and oxygen atoms in total. The maximum Gasteiger partial charge on any atom is 0.225 e. The molecule has 1 unspecified atom stereocenters. The van der Waals surface area contributed by atoms with Crippen molar-refractivity contribution in [1.82, 2.24) is 4.90 Å². The number of nitrogens with zero attached hydrogens (tertiary/aromatic N) is 2. The molecule has 0 aliphatic carbocycles. The number of rotatable bonds is 6. The number of carbonyl (C=O) groups is 1. The normalized spacial score (nSPS) is 12.3. The maximum atomic E-state index is 12.0. The van der Waals surface area contributed by atoms with Crippen molar-refractivity contribution >= 4 is 5.91 Å². The van der Waals surface area contributed by atoms with Gasteiger partial charge in [0.25, 0.3) is 0 Å². The number of amides is 1. The van der Waals surface area contributed by atoms with Gasteiger partial charge in [0.2, 0.25) is 5.91 Å². The lowest BCUT2D eigenvalue weighted by molar-refractivity contribution is -0.136. The second-order valence-corrected chi connectivity index (χ2v) is 4.22. The fourth-order valence-corrected chi connectivity index (χ4v) is 1.63. The van der Waals surface area contributed by atoms with Crippen molar-refractivity contribution in [2.24, 2.45) is 5.92 Å². The summed E-state index contributed by atoms with van der Waals surface area (Å²) in [4.78, 5) is 13.8. The molecule has 0 N–H and O–H groups in total. The molecular formula is C12H22N2O. The van der Waals surface area contributed by atoms with E-state index in [-0.39, 0.29) is 17.9 Å². The third-order valence-electron chi connectivity index (χ3n) is 2.51. The second kappa shape index (κ2) is 7.28. The van der Waals surface area contributed by atoms with E-state index < -0.39 is 0 Å². The standard InChI is InChI=1S/C12H22N2O/c1-5-7-11(4)12(15)14(10(2)3)9-6-8-13/h10-11H,5-7,9H2,1-4H3. The van der Waals surface area contributed by atoms with Crippen LogP contribution in [0.25, 0.3) is 0 Å². The zero-order valence-corrected chi connectivity index (χ0v) is 10.3. The number of nitriles is 1. The number of carbonyl (C=O) groups excluding carboxylic acids is 1. The topological polar surface area (TPSA) is 44.1 Å². The van der Waals surface area contributed by atoms with Gasteiger partial charge in [-0.25, -0.2) is 0 Å². The van der Waals surface area contributed by atoms with Gasteiger partial charge in [-0.05, 0) is 20.3 Å². The summed E-state index contributed by atoms with van der Waals surface area (Å²) in [5.41, 5.74) is 0. The lowest BCUT2D eigenvalue weighted by Crippen LogP contribution is -2.40. The molecule has 0 heterocycles. The van der Waals surface area contributed by atoms with Crippen molar-refractivity contribution in [2.45, 2.75) is 53.0 Å². The second-order valence-electron chi connectivity index (χ2n) is 4.22. The lowest BCUT2D eigenvalue weighted by Gasteiger charge is -2.28. The highest BCUT2D eigenvalue weighted by atomic mass is 16.2. The summed E-state index contributed by atoms with van der Waals surface area (Å²) in [5.74, 6) is 0.262. The third-order valence-corrected chi connectivity index (χ3v) is 2.51. The fourth-order valence-electron chi connectivity index (χ4n) is 1.63. The van der Waals surface area contributed by atoms with Gasteiger partial charge in [-0.1, -0.05) is 20.3 Å². The molecule has 1 atom stereocenters. The van der Waals surface area contributed by atoms with Crippen LogP contribution >= 0.6 is 0 Å². The monoisotopic (exact) mass is 210 g/mol. The fraction of sp³-hybridized carbons (Fsp3) is 0.833. The predicted molar refractivity (Wildman–Crippen MR) is 61.2 cm³/mol. The van der Waals surface area contributed by atoms with E-state index in [4.69, 9.17) is 5.26 Å². The zero-order valence-electron chi connectivity index (χ0n) is 10.3. The smallest absolute Gasteiger partial charge is 0.225 e. The van der Waals surface area contributed by atoms with Crippen LogP contribution < -0.4 is 0 Å². The number of hydrogen-bond donors (Lipinski definition) is 0. The molecule has 0 radical (unpaired) electrons. The van der Waals surface area contributed by atoms with Crippen LogP contribution in [0, 0.1) is 17.2 Å². The average molecular weight is 210 g/mol. The summed E-state index contributed by atoms with van der Waals surface area (Å²) in [5, 5.41) is 8.53. The summed E-state index contributed by atoms with van der Waals surface area (Å²) < 4.78 is 0. The highest BCUT2D eigenvalue weighted by molar-refractivity contribution is 5.78. The van der Waals surface area contributed by atoms with E-state index >= 15 is 0 Å². The molecule has 0 aliphatic heterocycles. The van der Waals surface area contributed by atoms with Gasteiger partial charge in [0.05, 0.1) is 12.5 Å². The first kappa shape index (κ1) is 14.0. The zero-order chi connectivity index (χ0) is 11.8. The Morgan fingerprint density at radius 3 is 2.40 bits per heavy atom. The average Bonchev–Trinajstić information content (AvgIpc) is 2.18. The molecule has 15 heavy (non-hydrogen) atoms. The summed E-state index contributed by atoms with van der Waals surface area (Å²) in [7, 11) is 0. The molecule has 0 saturated heterocycles. The minimum atomic E-state index is 0.0797. The van der Waals surface area contributed by atoms with Crippen LogP contribution in [0.2, 0.25) is 0 Å². The predicted octanol–water partition coefficient (Wildman–Crippen LogP) is 2.57. The molecule has 0 rings (SSSR count). The van der Waals surface area contributed by atoms with Crippen LogP contribution in [0.4, 0.5) is 0 Å². The molecule has 0 spiro atoms. The van der Waals surface area contributed by atoms with Gasteiger partial charge in [-0.2, -0.15) is 5.26 Å². The molecule has 0 saturated carbocycles. The van der Waals surface area contributed by atoms with Crippen molar-refractivity contribution in [3.05, 3.63) is 0 Å². The van der Waals surface area contributed by atoms with Crippen LogP contribution in [0.3, 0.4) is 0 Å². The Hall–Kier alpha value is -1.04. The number of hydrogen-bond acceptors (Lipinski definition) is 2. The SMILES string of the molecule is CCCC(C)C(=O)N(CCC#N)C(C)C. The highest BCUT2D eigenvalue weighted by Gasteiger charge is 2.21. The third kappa shape index (κ3) is 4.83. The molecule has 0 aromatic rings. The Bertz CT molecular complexity index is 230. The van der Waals surface area contributed by atoms with E-state index in [1.165, 1.54) is 0 Å². The Morgan fingerprint density at radius 2 is 2.00 bits per heavy atom. The molecule has 0 bridgehead atoms. The van der Waals surface area contributed by atoms with Crippen molar-refractivity contribution < 1.29 is 4.79 Å². The molecule has 0 fully saturated rings. The van der Waals surface area contributed by atoms with E-state index in [2.05, 4.69) is 13.0 Å². The molecule has 86 valence electrons. The molecule has 0 aromatic heterocycles. The van der Waals surface area contributed by atoms with Crippen LogP contribution in [0.15, 0.2) is 0 Å². The first-order chi connectivity index (χ1) is 7.04. The molecule has 1 amide bonds. The van der Waals surface area contributed by atoms with Gasteiger partial charge >= 0.3 is 0 Å². The minimum absolute atomic E-state index is 0.0797. The highest BCUT2D eigenvalue weighted by Crippen LogP contribution is 2.12. The van der Waals surface area contributed by atoms with E-state index in [0.29, 0.717) is 13.0 Å². The van der Waals surface area contributed by atoms with Gasteiger partial charge in [0, 0.05) is 18.5 Å². The Kier molecular flexibility index (Phi) is 6.77. The summed E-state index contributed by atoms with van der Waals surface area (Å²) in [6, 6.07) is 2.27. The van der Waals surface area contributed by atoms with Crippen LogP contribution in [0.1, 0.15) is 47.0 Å². The van der Waals surface area contributed by atoms with Crippen molar-refractivity contribution in [3.63, 3.8) is 0 Å². The van der Waals surface area contributed by atoms with Crippen molar-refractivity contribution in [3.8, 4) is 6.07 Å². The summed E-state index contributed by atoms with van der Waals surface area (Å²) in [6.45, 7) is 8.59. The first-order valence-electron chi connectivity index (χ1n) is 5.72. The molecule has 0 aromatic carbocycles. The van der Waals surface area contributed by atoms with Crippen LogP contribution in [-0.2, 0) is 4.79 Å². The lowest BCUT2D eigenvalue weighted by atomic mass is 10.0. The van der Waals surface area contributed by atoms with Crippen molar-refractivity contribution in [1.29, 1.82) is 5.26 Å². The van der Waals surface area contributed by atoms with E-state index in [9.17, 15) is 4.79 Å². The van der Waals surface area contributed by atoms with Gasteiger partial charge in [-0.3, -0.25) is 4.79 Å². The van der Waals surface area contributed by atoms with Crippen LogP contribution in [0.5, 0.6) is 0 Å². The van der Waals surface area contributed by atoms with E-state index in [1.54, 1.807) is 0 Å². The maximum absolute atomic E-state index is 12.0. The Labute approximate surface area is 93.1 Å². The van der Waals surface area contributed by atoms with E-state index in [0.717, 1.165) is 12.8 Å². The quantitative estimate of drug-likeness (QED) is 0.676. The van der Waals surface area contributed by atoms with Gasteiger partial charge < -0.3 is 4.90 Å². The van der Waals surface area contributed by atoms with Crippen LogP contribution in [-0.4, -0.2) is 23.4 Å². The Balaban J connectivity index is 4.35. The van der Waals surface area contributed by atoms with Gasteiger partial charge in [0.1, 0.15) is 0 Å². The van der Waals surface area contributed by atoms with Gasteiger partial charge in [0.15, 0.2) is 0 Å².